The predicted molar refractivity (Wildman–Crippen MR) is 66.0 cm³/mol. The lowest BCUT2D eigenvalue weighted by atomic mass is 9.78. The number of hydrogen-bond acceptors (Lipinski definition) is 2. The molecule has 18 heavy (non-hydrogen) atoms. The summed E-state index contributed by atoms with van der Waals surface area (Å²) in [7, 11) is 0. The molecule has 3 N–H and O–H groups in total. The fourth-order valence-electron chi connectivity index (χ4n) is 2.43. The molecule has 0 bridgehead atoms. The van der Waals surface area contributed by atoms with Gasteiger partial charge in [-0.05, 0) is 36.5 Å². The highest BCUT2D eigenvalue weighted by Crippen LogP contribution is 2.41. The molecule has 4 heteroatoms. The molecule has 0 aliphatic heterocycles. The molecular weight excluding hydrogens is 236 g/mol. The molecule has 1 aliphatic rings. The fraction of sp³-hybridized carbons (Fsp3) is 0.571. The van der Waals surface area contributed by atoms with Crippen LogP contribution in [0.1, 0.15) is 24.8 Å². The van der Waals surface area contributed by atoms with Gasteiger partial charge in [0.05, 0.1) is 6.61 Å². The van der Waals surface area contributed by atoms with Gasteiger partial charge >= 0.3 is 0 Å². The van der Waals surface area contributed by atoms with Crippen LogP contribution in [0.3, 0.4) is 0 Å². The third-order valence-electron chi connectivity index (χ3n) is 3.75. The minimum absolute atomic E-state index is 0.0149. The van der Waals surface area contributed by atoms with Crippen LogP contribution < -0.4 is 5.73 Å². The zero-order valence-electron chi connectivity index (χ0n) is 10.3. The van der Waals surface area contributed by atoms with Crippen LogP contribution in [0.5, 0.6) is 0 Å². The van der Waals surface area contributed by atoms with Crippen LogP contribution in [0.15, 0.2) is 18.2 Å². The molecule has 1 aliphatic carbocycles. The van der Waals surface area contributed by atoms with E-state index in [-0.39, 0.29) is 6.61 Å². The standard InChI is InChI=1S/C14H19F2NO/c15-12-4-3-11(5-13(12)16)7-14(8-17,9-18)6-10-1-2-10/h3-5,10,18H,1-2,6-9,17H2. The Labute approximate surface area is 106 Å². The third kappa shape index (κ3) is 3.06. The molecule has 1 atom stereocenters. The largest absolute Gasteiger partial charge is 0.396 e. The Morgan fingerprint density at radius 3 is 2.50 bits per heavy atom. The maximum atomic E-state index is 13.2. The van der Waals surface area contributed by atoms with Gasteiger partial charge in [0.1, 0.15) is 0 Å². The summed E-state index contributed by atoms with van der Waals surface area (Å²) in [6.07, 6.45) is 3.71. The molecule has 0 saturated heterocycles. The average Bonchev–Trinajstić information content (AvgIpc) is 3.17. The van der Waals surface area contributed by atoms with Crippen LogP contribution in [-0.4, -0.2) is 18.3 Å². The Morgan fingerprint density at radius 2 is 2.00 bits per heavy atom. The summed E-state index contributed by atoms with van der Waals surface area (Å²) in [5.74, 6) is -1.06. The second-order valence-electron chi connectivity index (χ2n) is 5.43. The number of nitrogens with two attached hydrogens (primary N) is 1. The Kier molecular flexibility index (Phi) is 3.97. The van der Waals surface area contributed by atoms with Crippen molar-refractivity contribution in [3.05, 3.63) is 35.4 Å². The molecule has 1 fully saturated rings. The summed E-state index contributed by atoms with van der Waals surface area (Å²) < 4.78 is 26.0. The van der Waals surface area contributed by atoms with E-state index in [1.165, 1.54) is 18.9 Å². The van der Waals surface area contributed by atoms with Crippen LogP contribution in [0, 0.1) is 23.0 Å². The van der Waals surface area contributed by atoms with Gasteiger partial charge in [0, 0.05) is 12.0 Å². The van der Waals surface area contributed by atoms with E-state index in [9.17, 15) is 13.9 Å². The second-order valence-corrected chi connectivity index (χ2v) is 5.43. The Balaban J connectivity index is 2.13. The van der Waals surface area contributed by atoms with Crippen molar-refractivity contribution in [3.8, 4) is 0 Å². The minimum atomic E-state index is -0.845. The van der Waals surface area contributed by atoms with Crippen molar-refractivity contribution in [2.75, 3.05) is 13.2 Å². The van der Waals surface area contributed by atoms with Gasteiger partial charge in [-0.1, -0.05) is 18.9 Å². The van der Waals surface area contributed by atoms with Crippen LogP contribution in [0.25, 0.3) is 0 Å². The van der Waals surface area contributed by atoms with Gasteiger partial charge in [-0.3, -0.25) is 0 Å². The molecule has 1 unspecified atom stereocenters. The first-order chi connectivity index (χ1) is 8.58. The van der Waals surface area contributed by atoms with Crippen molar-refractivity contribution in [1.82, 2.24) is 0 Å². The van der Waals surface area contributed by atoms with E-state index >= 15 is 0 Å². The molecule has 0 amide bonds. The molecule has 1 saturated carbocycles. The number of rotatable bonds is 6. The zero-order chi connectivity index (χ0) is 13.2. The maximum Gasteiger partial charge on any atom is 0.159 e. The highest BCUT2D eigenvalue weighted by Gasteiger charge is 2.35. The van der Waals surface area contributed by atoms with Crippen molar-refractivity contribution < 1.29 is 13.9 Å². The van der Waals surface area contributed by atoms with E-state index in [0.717, 1.165) is 12.5 Å². The Bertz CT molecular complexity index is 414. The summed E-state index contributed by atoms with van der Waals surface area (Å²) in [6.45, 7) is 0.345. The highest BCUT2D eigenvalue weighted by atomic mass is 19.2. The number of benzene rings is 1. The molecule has 2 nitrogen and oxygen atoms in total. The monoisotopic (exact) mass is 255 g/mol. The molecular formula is C14H19F2NO. The van der Waals surface area contributed by atoms with E-state index in [1.807, 2.05) is 0 Å². The lowest BCUT2D eigenvalue weighted by molar-refractivity contribution is 0.115. The van der Waals surface area contributed by atoms with E-state index < -0.39 is 17.0 Å². The molecule has 2 rings (SSSR count). The van der Waals surface area contributed by atoms with Crippen LogP contribution in [0.4, 0.5) is 8.78 Å². The number of aliphatic hydroxyl groups is 1. The van der Waals surface area contributed by atoms with E-state index in [0.29, 0.717) is 24.4 Å². The minimum Gasteiger partial charge on any atom is -0.396 e. The summed E-state index contributed by atoms with van der Waals surface area (Å²) >= 11 is 0. The summed E-state index contributed by atoms with van der Waals surface area (Å²) in [5, 5.41) is 9.59. The van der Waals surface area contributed by atoms with Crippen molar-refractivity contribution in [3.63, 3.8) is 0 Å². The molecule has 0 spiro atoms. The van der Waals surface area contributed by atoms with Gasteiger partial charge in [-0.15, -0.1) is 0 Å². The second kappa shape index (κ2) is 5.33. The van der Waals surface area contributed by atoms with Crippen molar-refractivity contribution >= 4 is 0 Å². The normalized spacial score (nSPS) is 18.7. The molecule has 1 aromatic rings. The maximum absolute atomic E-state index is 13.2. The molecule has 0 heterocycles. The van der Waals surface area contributed by atoms with E-state index in [2.05, 4.69) is 0 Å². The van der Waals surface area contributed by atoms with E-state index in [4.69, 9.17) is 5.73 Å². The summed E-state index contributed by atoms with van der Waals surface area (Å²) in [4.78, 5) is 0. The number of halogens is 2. The Morgan fingerprint density at radius 1 is 1.28 bits per heavy atom. The zero-order valence-corrected chi connectivity index (χ0v) is 10.3. The van der Waals surface area contributed by atoms with Crippen molar-refractivity contribution in [2.45, 2.75) is 25.7 Å². The predicted octanol–water partition coefficient (Wildman–Crippen LogP) is 2.24. The SMILES string of the molecule is NCC(CO)(Cc1ccc(F)c(F)c1)CC1CC1. The smallest absolute Gasteiger partial charge is 0.159 e. The fourth-order valence-corrected chi connectivity index (χ4v) is 2.43. The van der Waals surface area contributed by atoms with Gasteiger partial charge in [-0.2, -0.15) is 0 Å². The topological polar surface area (TPSA) is 46.2 Å². The molecule has 0 aromatic heterocycles. The van der Waals surface area contributed by atoms with E-state index in [1.54, 1.807) is 6.07 Å². The van der Waals surface area contributed by atoms with Gasteiger partial charge in [-0.25, -0.2) is 8.78 Å². The number of hydrogen-bond donors (Lipinski definition) is 2. The van der Waals surface area contributed by atoms with Crippen LogP contribution in [-0.2, 0) is 6.42 Å². The Hall–Kier alpha value is -1.00. The third-order valence-corrected chi connectivity index (χ3v) is 3.75. The molecule has 0 radical (unpaired) electrons. The molecule has 100 valence electrons. The summed E-state index contributed by atoms with van der Waals surface area (Å²) in [6, 6.07) is 3.88. The first-order valence-corrected chi connectivity index (χ1v) is 6.33. The van der Waals surface area contributed by atoms with Gasteiger partial charge in [0.25, 0.3) is 0 Å². The van der Waals surface area contributed by atoms with Gasteiger partial charge in [0.15, 0.2) is 11.6 Å². The average molecular weight is 255 g/mol. The lowest BCUT2D eigenvalue weighted by Crippen LogP contribution is -2.37. The first kappa shape index (κ1) is 13.4. The van der Waals surface area contributed by atoms with Crippen molar-refractivity contribution in [1.29, 1.82) is 0 Å². The van der Waals surface area contributed by atoms with Crippen molar-refractivity contribution in [2.24, 2.45) is 17.1 Å². The number of aliphatic hydroxyl groups excluding tert-OH is 1. The molecule has 1 aromatic carbocycles. The highest BCUT2D eigenvalue weighted by molar-refractivity contribution is 5.19. The quantitative estimate of drug-likeness (QED) is 0.819. The van der Waals surface area contributed by atoms with Gasteiger partial charge < -0.3 is 10.8 Å². The van der Waals surface area contributed by atoms with Crippen LogP contribution in [0.2, 0.25) is 0 Å². The lowest BCUT2D eigenvalue weighted by Gasteiger charge is -2.30. The van der Waals surface area contributed by atoms with Crippen LogP contribution >= 0.6 is 0 Å². The first-order valence-electron chi connectivity index (χ1n) is 6.33. The summed E-state index contributed by atoms with van der Waals surface area (Å²) in [5.41, 5.74) is 6.07. The van der Waals surface area contributed by atoms with Gasteiger partial charge in [0.2, 0.25) is 0 Å².